The van der Waals surface area contributed by atoms with Crippen molar-refractivity contribution in [3.05, 3.63) is 23.5 Å². The number of aromatic nitrogens is 1. The van der Waals surface area contributed by atoms with Gasteiger partial charge < -0.3 is 4.57 Å². The standard InChI is InChI=1S/C13H19NO3S/c1-2-18(16,17)8-7-14-9-11-5-3-4-6-13(15)12(11)10-14/h9-10H,2-8H2,1H3. The van der Waals surface area contributed by atoms with Crippen LogP contribution in [0.5, 0.6) is 0 Å². The highest BCUT2D eigenvalue weighted by atomic mass is 32.2. The van der Waals surface area contributed by atoms with E-state index in [9.17, 15) is 13.2 Å². The number of carbonyl (C=O) groups is 1. The topological polar surface area (TPSA) is 56.1 Å². The second kappa shape index (κ2) is 5.26. The largest absolute Gasteiger partial charge is 0.352 e. The molecular weight excluding hydrogens is 250 g/mol. The molecule has 0 N–H and O–H groups in total. The summed E-state index contributed by atoms with van der Waals surface area (Å²) in [6, 6.07) is 0. The van der Waals surface area contributed by atoms with Crippen molar-refractivity contribution < 1.29 is 13.2 Å². The van der Waals surface area contributed by atoms with Crippen LogP contribution in [0.2, 0.25) is 0 Å². The summed E-state index contributed by atoms with van der Waals surface area (Å²) in [5.74, 6) is 0.512. The van der Waals surface area contributed by atoms with E-state index in [1.807, 2.05) is 17.0 Å². The molecule has 0 fully saturated rings. The van der Waals surface area contributed by atoms with Gasteiger partial charge in [0.2, 0.25) is 0 Å². The number of fused-ring (bicyclic) bond motifs is 1. The minimum Gasteiger partial charge on any atom is -0.352 e. The lowest BCUT2D eigenvalue weighted by Gasteiger charge is -2.03. The fraction of sp³-hybridized carbons (Fsp3) is 0.615. The molecule has 1 aromatic rings. The molecule has 4 nitrogen and oxygen atoms in total. The highest BCUT2D eigenvalue weighted by molar-refractivity contribution is 7.91. The summed E-state index contributed by atoms with van der Waals surface area (Å²) in [4.78, 5) is 11.8. The third-order valence-corrected chi connectivity index (χ3v) is 5.15. The lowest BCUT2D eigenvalue weighted by molar-refractivity contribution is 0.0982. The lowest BCUT2D eigenvalue weighted by atomic mass is 10.1. The first kappa shape index (κ1) is 13.3. The first-order valence-corrected chi connectivity index (χ1v) is 8.26. The van der Waals surface area contributed by atoms with Crippen LogP contribution in [-0.4, -0.2) is 30.3 Å². The molecule has 1 aliphatic rings. The Labute approximate surface area is 108 Å². The summed E-state index contributed by atoms with van der Waals surface area (Å²) in [5, 5.41) is 0. The maximum absolute atomic E-state index is 11.8. The van der Waals surface area contributed by atoms with Crippen LogP contribution in [0.15, 0.2) is 12.4 Å². The van der Waals surface area contributed by atoms with Gasteiger partial charge in [0, 0.05) is 36.7 Å². The maximum Gasteiger partial charge on any atom is 0.164 e. The summed E-state index contributed by atoms with van der Waals surface area (Å²) >= 11 is 0. The van der Waals surface area contributed by atoms with Gasteiger partial charge in [0.1, 0.15) is 0 Å². The van der Waals surface area contributed by atoms with Crippen LogP contribution in [0.25, 0.3) is 0 Å². The summed E-state index contributed by atoms with van der Waals surface area (Å²) in [5.41, 5.74) is 1.87. The number of aryl methyl sites for hydroxylation is 2. The molecule has 1 aliphatic carbocycles. The zero-order valence-electron chi connectivity index (χ0n) is 10.7. The highest BCUT2D eigenvalue weighted by Gasteiger charge is 2.18. The van der Waals surface area contributed by atoms with E-state index in [0.717, 1.165) is 30.4 Å². The number of hydrogen-bond donors (Lipinski definition) is 0. The van der Waals surface area contributed by atoms with Gasteiger partial charge in [0.25, 0.3) is 0 Å². The molecule has 2 rings (SSSR count). The fourth-order valence-corrected chi connectivity index (χ4v) is 3.04. The van der Waals surface area contributed by atoms with Crippen LogP contribution in [0.1, 0.15) is 42.1 Å². The predicted molar refractivity (Wildman–Crippen MR) is 70.6 cm³/mol. The van der Waals surface area contributed by atoms with Gasteiger partial charge >= 0.3 is 0 Å². The molecule has 0 aromatic carbocycles. The smallest absolute Gasteiger partial charge is 0.164 e. The zero-order valence-corrected chi connectivity index (χ0v) is 11.5. The maximum atomic E-state index is 11.8. The van der Waals surface area contributed by atoms with E-state index in [1.165, 1.54) is 0 Å². The molecule has 0 atom stereocenters. The minimum atomic E-state index is -2.95. The van der Waals surface area contributed by atoms with Gasteiger partial charge in [-0.2, -0.15) is 0 Å². The molecule has 0 amide bonds. The third-order valence-electron chi connectivity index (χ3n) is 3.46. The summed E-state index contributed by atoms with van der Waals surface area (Å²) in [6.07, 6.45) is 7.28. The fourth-order valence-electron chi connectivity index (χ4n) is 2.26. The molecule has 0 bridgehead atoms. The second-order valence-corrected chi connectivity index (χ2v) is 7.27. The zero-order chi connectivity index (χ0) is 13.2. The van der Waals surface area contributed by atoms with Gasteiger partial charge in [0.05, 0.1) is 5.75 Å². The number of hydrogen-bond acceptors (Lipinski definition) is 3. The number of sulfone groups is 1. The molecule has 5 heteroatoms. The molecule has 0 saturated carbocycles. The average Bonchev–Trinajstić information content (AvgIpc) is 2.68. The predicted octanol–water partition coefficient (Wildman–Crippen LogP) is 1.83. The van der Waals surface area contributed by atoms with Gasteiger partial charge in [-0.3, -0.25) is 4.79 Å². The Morgan fingerprint density at radius 2 is 1.94 bits per heavy atom. The van der Waals surface area contributed by atoms with Gasteiger partial charge in [-0.15, -0.1) is 0 Å². The van der Waals surface area contributed by atoms with Crippen molar-refractivity contribution >= 4 is 15.6 Å². The normalized spacial score (nSPS) is 16.4. The summed E-state index contributed by atoms with van der Waals surface area (Å²) < 4.78 is 24.8. The van der Waals surface area contributed by atoms with Crippen molar-refractivity contribution in [2.24, 2.45) is 0 Å². The molecule has 1 heterocycles. The van der Waals surface area contributed by atoms with Crippen LogP contribution in [0.4, 0.5) is 0 Å². The molecule has 0 aliphatic heterocycles. The van der Waals surface area contributed by atoms with Crippen molar-refractivity contribution in [2.75, 3.05) is 11.5 Å². The monoisotopic (exact) mass is 269 g/mol. The third kappa shape index (κ3) is 3.02. The Kier molecular flexibility index (Phi) is 3.90. The van der Waals surface area contributed by atoms with E-state index in [4.69, 9.17) is 0 Å². The quantitative estimate of drug-likeness (QED) is 0.784. The SMILES string of the molecule is CCS(=O)(=O)CCn1cc2c(c1)C(=O)CCCC2. The molecule has 1 aromatic heterocycles. The molecule has 0 radical (unpaired) electrons. The highest BCUT2D eigenvalue weighted by Crippen LogP contribution is 2.21. The number of Topliss-reactive ketones (excluding diaryl/α,β-unsaturated/α-hetero) is 1. The van der Waals surface area contributed by atoms with E-state index in [2.05, 4.69) is 0 Å². The van der Waals surface area contributed by atoms with Crippen molar-refractivity contribution in [3.8, 4) is 0 Å². The minimum absolute atomic E-state index is 0.144. The Hall–Kier alpha value is -1.10. The van der Waals surface area contributed by atoms with E-state index < -0.39 is 9.84 Å². The molecule has 0 unspecified atom stereocenters. The lowest BCUT2D eigenvalue weighted by Crippen LogP contribution is -2.13. The van der Waals surface area contributed by atoms with Crippen molar-refractivity contribution in [2.45, 2.75) is 39.2 Å². The van der Waals surface area contributed by atoms with Crippen LogP contribution in [-0.2, 0) is 22.8 Å². The Morgan fingerprint density at radius 3 is 2.67 bits per heavy atom. The van der Waals surface area contributed by atoms with Gasteiger partial charge in [-0.05, 0) is 24.8 Å². The van der Waals surface area contributed by atoms with Crippen LogP contribution < -0.4 is 0 Å². The van der Waals surface area contributed by atoms with Crippen molar-refractivity contribution in [1.29, 1.82) is 0 Å². The molecule has 100 valence electrons. The van der Waals surface area contributed by atoms with E-state index in [-0.39, 0.29) is 17.3 Å². The molecule has 0 saturated heterocycles. The Morgan fingerprint density at radius 1 is 1.22 bits per heavy atom. The van der Waals surface area contributed by atoms with Crippen molar-refractivity contribution in [1.82, 2.24) is 4.57 Å². The molecular formula is C13H19NO3S. The van der Waals surface area contributed by atoms with E-state index >= 15 is 0 Å². The number of nitrogens with zero attached hydrogens (tertiary/aromatic N) is 1. The first-order chi connectivity index (χ1) is 8.52. The number of ketones is 1. The number of carbonyl (C=O) groups excluding carboxylic acids is 1. The average molecular weight is 269 g/mol. The summed E-state index contributed by atoms with van der Waals surface area (Å²) in [7, 11) is -2.95. The van der Waals surface area contributed by atoms with E-state index in [1.54, 1.807) is 6.92 Å². The van der Waals surface area contributed by atoms with E-state index in [0.29, 0.717) is 13.0 Å². The Balaban J connectivity index is 2.12. The van der Waals surface area contributed by atoms with Crippen LogP contribution >= 0.6 is 0 Å². The van der Waals surface area contributed by atoms with Crippen LogP contribution in [0.3, 0.4) is 0 Å². The van der Waals surface area contributed by atoms with Crippen LogP contribution in [0, 0.1) is 0 Å². The van der Waals surface area contributed by atoms with Gasteiger partial charge in [-0.25, -0.2) is 8.42 Å². The molecule has 18 heavy (non-hydrogen) atoms. The summed E-state index contributed by atoms with van der Waals surface area (Å²) in [6.45, 7) is 2.10. The molecule has 0 spiro atoms. The van der Waals surface area contributed by atoms with Crippen molar-refractivity contribution in [3.63, 3.8) is 0 Å². The van der Waals surface area contributed by atoms with Gasteiger partial charge in [0.15, 0.2) is 15.6 Å². The second-order valence-electron chi connectivity index (χ2n) is 4.80. The Bertz CT molecular complexity index is 543. The number of rotatable bonds is 4. The first-order valence-electron chi connectivity index (χ1n) is 6.44. The van der Waals surface area contributed by atoms with Gasteiger partial charge in [-0.1, -0.05) is 6.92 Å².